The number of Topliss-reactive ketones (excluding diaryl/α,β-unsaturated/α-hetero) is 1. The van der Waals surface area contributed by atoms with Gasteiger partial charge in [-0.25, -0.2) is 12.7 Å². The Morgan fingerprint density at radius 1 is 1.06 bits per heavy atom. The minimum atomic E-state index is -3.65. The average molecular weight is 499 g/mol. The molecule has 9 nitrogen and oxygen atoms in total. The van der Waals surface area contributed by atoms with Crippen LogP contribution in [-0.2, 0) is 19.6 Å². The number of carbonyl (C=O) groups is 2. The highest BCUT2D eigenvalue weighted by molar-refractivity contribution is 7.89. The molecule has 0 aliphatic carbocycles. The summed E-state index contributed by atoms with van der Waals surface area (Å²) in [6.45, 7) is 2.91. The molecular weight excluding hydrogens is 468 g/mol. The van der Waals surface area contributed by atoms with Gasteiger partial charge >= 0.3 is 0 Å². The molecule has 2 aliphatic rings. The van der Waals surface area contributed by atoms with Crippen molar-refractivity contribution < 1.29 is 23.1 Å². The number of nitrogens with zero attached hydrogens (tertiary/aromatic N) is 4. The molecule has 2 fully saturated rings. The van der Waals surface area contributed by atoms with E-state index in [-0.39, 0.29) is 21.8 Å². The van der Waals surface area contributed by atoms with E-state index in [2.05, 4.69) is 9.88 Å². The third kappa shape index (κ3) is 5.00. The molecule has 186 valence electrons. The lowest BCUT2D eigenvalue weighted by Crippen LogP contribution is -2.40. The van der Waals surface area contributed by atoms with Crippen molar-refractivity contribution in [2.24, 2.45) is 0 Å². The molecule has 0 unspecified atom stereocenters. The van der Waals surface area contributed by atoms with E-state index < -0.39 is 27.8 Å². The number of aromatic nitrogens is 1. The van der Waals surface area contributed by atoms with Gasteiger partial charge in [0.05, 0.1) is 16.5 Å². The van der Waals surface area contributed by atoms with E-state index in [9.17, 15) is 23.1 Å². The summed E-state index contributed by atoms with van der Waals surface area (Å²) in [7, 11) is -0.779. The number of benzene rings is 1. The van der Waals surface area contributed by atoms with Crippen molar-refractivity contribution in [2.45, 2.75) is 30.2 Å². The summed E-state index contributed by atoms with van der Waals surface area (Å²) in [4.78, 5) is 34.2. The highest BCUT2D eigenvalue weighted by Crippen LogP contribution is 2.39. The predicted molar refractivity (Wildman–Crippen MR) is 131 cm³/mol. The maximum Gasteiger partial charge on any atom is 0.295 e. The smallest absolute Gasteiger partial charge is 0.295 e. The van der Waals surface area contributed by atoms with Crippen molar-refractivity contribution in [1.82, 2.24) is 19.1 Å². The molecule has 1 N–H and O–H groups in total. The molecule has 1 atom stereocenters. The fourth-order valence-corrected chi connectivity index (χ4v) is 5.48. The molecule has 3 heterocycles. The van der Waals surface area contributed by atoms with E-state index in [4.69, 9.17) is 0 Å². The Hall–Kier alpha value is -3.08. The number of hydrogen-bond acceptors (Lipinski definition) is 7. The number of aliphatic hydroxyl groups excluding tert-OH is 1. The van der Waals surface area contributed by atoms with Gasteiger partial charge < -0.3 is 14.9 Å². The number of hydrogen-bond donors (Lipinski definition) is 1. The van der Waals surface area contributed by atoms with E-state index in [1.54, 1.807) is 24.5 Å². The molecule has 1 amide bonds. The molecule has 0 spiro atoms. The first-order valence-electron chi connectivity index (χ1n) is 11.7. The summed E-state index contributed by atoms with van der Waals surface area (Å²) in [6.07, 6.45) is 6.62. The van der Waals surface area contributed by atoms with Crippen LogP contribution in [0.4, 0.5) is 0 Å². The van der Waals surface area contributed by atoms with Gasteiger partial charge in [0.2, 0.25) is 10.0 Å². The van der Waals surface area contributed by atoms with Gasteiger partial charge in [0, 0.05) is 45.1 Å². The third-order valence-electron chi connectivity index (χ3n) is 6.55. The molecular formula is C25H30N4O5S. The van der Waals surface area contributed by atoms with Crippen molar-refractivity contribution in [3.8, 4) is 0 Å². The van der Waals surface area contributed by atoms with Crippen LogP contribution in [0.3, 0.4) is 0 Å². The highest BCUT2D eigenvalue weighted by Gasteiger charge is 2.46. The van der Waals surface area contributed by atoms with Gasteiger partial charge in [0.1, 0.15) is 5.76 Å². The predicted octanol–water partition coefficient (Wildman–Crippen LogP) is 2.24. The van der Waals surface area contributed by atoms with Crippen molar-refractivity contribution in [2.75, 3.05) is 40.3 Å². The second-order valence-corrected chi connectivity index (χ2v) is 11.1. The van der Waals surface area contributed by atoms with Crippen LogP contribution >= 0.6 is 0 Å². The number of piperidine rings is 1. The quantitative estimate of drug-likeness (QED) is 0.354. The van der Waals surface area contributed by atoms with E-state index >= 15 is 0 Å². The first-order chi connectivity index (χ1) is 16.7. The summed E-state index contributed by atoms with van der Waals surface area (Å²) in [6, 6.07) is 8.34. The summed E-state index contributed by atoms with van der Waals surface area (Å²) in [5, 5.41) is 11.2. The van der Waals surface area contributed by atoms with Crippen LogP contribution in [0.25, 0.3) is 5.76 Å². The van der Waals surface area contributed by atoms with Crippen molar-refractivity contribution in [3.05, 3.63) is 65.5 Å². The fourth-order valence-electron chi connectivity index (χ4n) is 4.58. The Balaban J connectivity index is 1.71. The first kappa shape index (κ1) is 25.0. The normalized spacial score (nSPS) is 21.1. The maximum atomic E-state index is 13.1. The molecule has 4 rings (SSSR count). The number of likely N-dealkylation sites (tertiary alicyclic amines) is 2. The molecule has 2 saturated heterocycles. The number of rotatable bonds is 7. The zero-order valence-corrected chi connectivity index (χ0v) is 20.7. The van der Waals surface area contributed by atoms with Gasteiger partial charge in [-0.05, 0) is 61.8 Å². The summed E-state index contributed by atoms with van der Waals surface area (Å²) in [5.41, 5.74) is 0.856. The first-order valence-corrected chi connectivity index (χ1v) is 13.1. The molecule has 1 aromatic carbocycles. The van der Waals surface area contributed by atoms with Crippen LogP contribution in [0, 0.1) is 0 Å². The van der Waals surface area contributed by atoms with Crippen molar-refractivity contribution >= 4 is 27.5 Å². The number of aliphatic hydroxyl groups is 1. The van der Waals surface area contributed by atoms with Crippen molar-refractivity contribution in [1.29, 1.82) is 0 Å². The number of pyridine rings is 1. The molecule has 35 heavy (non-hydrogen) atoms. The lowest BCUT2D eigenvalue weighted by molar-refractivity contribution is -0.140. The van der Waals surface area contributed by atoms with Crippen LogP contribution < -0.4 is 0 Å². The monoisotopic (exact) mass is 498 g/mol. The zero-order valence-electron chi connectivity index (χ0n) is 19.9. The second-order valence-electron chi connectivity index (χ2n) is 8.99. The van der Waals surface area contributed by atoms with Gasteiger partial charge in [-0.3, -0.25) is 14.6 Å². The van der Waals surface area contributed by atoms with Crippen LogP contribution in [0.2, 0.25) is 0 Å². The van der Waals surface area contributed by atoms with Gasteiger partial charge in [0.25, 0.3) is 11.7 Å². The van der Waals surface area contributed by atoms with Crippen LogP contribution in [-0.4, -0.2) is 84.6 Å². The molecule has 2 aromatic rings. The third-order valence-corrected chi connectivity index (χ3v) is 8.38. The standard InChI is InChI=1S/C25H30N4O5S/c1-27(2)35(33,34)20-10-8-18(9-11-20)23(30)21-22(19-7-6-12-26-17-19)29(25(32)24(21)31)16-15-28-13-4-3-5-14-28/h6-12,17,22,30H,3-5,13-16H2,1-2H3/b23-21+/t22-/m0/s1. The lowest BCUT2D eigenvalue weighted by Gasteiger charge is -2.30. The van der Waals surface area contributed by atoms with Crippen LogP contribution in [0.5, 0.6) is 0 Å². The Morgan fingerprint density at radius 2 is 1.74 bits per heavy atom. The van der Waals surface area contributed by atoms with Crippen molar-refractivity contribution in [3.63, 3.8) is 0 Å². The van der Waals surface area contributed by atoms with E-state index in [1.807, 2.05) is 0 Å². The number of sulfonamides is 1. The minimum Gasteiger partial charge on any atom is -0.507 e. The topological polar surface area (TPSA) is 111 Å². The molecule has 0 radical (unpaired) electrons. The Bertz CT molecular complexity index is 1220. The number of carbonyl (C=O) groups excluding carboxylic acids is 2. The Labute approximate surface area is 205 Å². The number of ketones is 1. The van der Waals surface area contributed by atoms with Gasteiger partial charge in [-0.2, -0.15) is 0 Å². The molecule has 10 heteroatoms. The van der Waals surface area contributed by atoms with E-state index in [1.165, 1.54) is 49.7 Å². The Kier molecular flexibility index (Phi) is 7.34. The molecule has 0 bridgehead atoms. The molecule has 1 aromatic heterocycles. The lowest BCUT2D eigenvalue weighted by atomic mass is 9.96. The zero-order chi connectivity index (χ0) is 25.2. The Morgan fingerprint density at radius 3 is 2.34 bits per heavy atom. The second kappa shape index (κ2) is 10.3. The maximum absolute atomic E-state index is 13.1. The summed E-state index contributed by atoms with van der Waals surface area (Å²) >= 11 is 0. The van der Waals surface area contributed by atoms with Crippen LogP contribution in [0.15, 0.2) is 59.3 Å². The SMILES string of the molecule is CN(C)S(=O)(=O)c1ccc(/C(O)=C2\C(=O)C(=O)N(CCN3CCCCC3)[C@H]2c2cccnc2)cc1. The van der Waals surface area contributed by atoms with Gasteiger partial charge in [0.15, 0.2) is 0 Å². The summed E-state index contributed by atoms with van der Waals surface area (Å²) < 4.78 is 25.9. The van der Waals surface area contributed by atoms with Gasteiger partial charge in [-0.1, -0.05) is 12.5 Å². The number of amides is 1. The van der Waals surface area contributed by atoms with E-state index in [0.29, 0.717) is 18.7 Å². The van der Waals surface area contributed by atoms with E-state index in [0.717, 1.165) is 30.2 Å². The molecule has 0 saturated carbocycles. The van der Waals surface area contributed by atoms with Crippen LogP contribution in [0.1, 0.15) is 36.4 Å². The minimum absolute atomic E-state index is 0.0233. The average Bonchev–Trinajstić information content (AvgIpc) is 3.13. The fraction of sp³-hybridized carbons (Fsp3) is 0.400. The highest BCUT2D eigenvalue weighted by atomic mass is 32.2. The molecule has 2 aliphatic heterocycles. The summed E-state index contributed by atoms with van der Waals surface area (Å²) in [5.74, 6) is -1.77. The van der Waals surface area contributed by atoms with Gasteiger partial charge in [-0.15, -0.1) is 0 Å². The largest absolute Gasteiger partial charge is 0.507 e.